The minimum atomic E-state index is -1.05. The largest absolute Gasteiger partial charge is 0.480 e. The Morgan fingerprint density at radius 1 is 1.58 bits per heavy atom. The number of hydrogen-bond acceptors (Lipinski definition) is 5. The van der Waals surface area contributed by atoms with Crippen molar-refractivity contribution in [1.29, 1.82) is 0 Å². The van der Waals surface area contributed by atoms with Crippen LogP contribution in [0.2, 0.25) is 0 Å². The van der Waals surface area contributed by atoms with Gasteiger partial charge in [0.2, 0.25) is 0 Å². The quantitative estimate of drug-likeness (QED) is 0.440. The molecule has 1 rings (SSSR count). The van der Waals surface area contributed by atoms with Crippen molar-refractivity contribution >= 4 is 39.9 Å². The predicted octanol–water partition coefficient (Wildman–Crippen LogP) is 1.74. The van der Waals surface area contributed by atoms with Crippen LogP contribution in [0.25, 0.3) is 0 Å². The number of carbonyl (C=O) groups is 1. The van der Waals surface area contributed by atoms with Crippen molar-refractivity contribution in [2.45, 2.75) is 0 Å². The van der Waals surface area contributed by atoms with Crippen molar-refractivity contribution in [3.05, 3.63) is 31.9 Å². The number of nitro benzene ring substituents is 1. The fourth-order valence-corrected chi connectivity index (χ4v) is 2.03. The molecular formula is C11H13IN2O5. The van der Waals surface area contributed by atoms with Crippen LogP contribution in [0.5, 0.6) is 0 Å². The van der Waals surface area contributed by atoms with E-state index < -0.39 is 10.9 Å². The Bertz CT molecular complexity index is 480. The van der Waals surface area contributed by atoms with E-state index in [2.05, 4.69) is 0 Å². The topological polar surface area (TPSA) is 92.9 Å². The predicted molar refractivity (Wildman–Crippen MR) is 77.5 cm³/mol. The van der Waals surface area contributed by atoms with Crippen molar-refractivity contribution < 1.29 is 19.6 Å². The molecule has 104 valence electrons. The number of ether oxygens (including phenoxy) is 1. The van der Waals surface area contributed by atoms with Crippen LogP contribution in [0.15, 0.2) is 18.2 Å². The molecule has 19 heavy (non-hydrogen) atoms. The second-order valence-corrected chi connectivity index (χ2v) is 4.94. The summed E-state index contributed by atoms with van der Waals surface area (Å²) in [5.41, 5.74) is 0.175. The highest BCUT2D eigenvalue weighted by Crippen LogP contribution is 2.29. The summed E-state index contributed by atoms with van der Waals surface area (Å²) < 4.78 is 5.61. The Morgan fingerprint density at radius 3 is 2.79 bits per heavy atom. The lowest BCUT2D eigenvalue weighted by Gasteiger charge is -2.22. The smallest absolute Gasteiger partial charge is 0.323 e. The van der Waals surface area contributed by atoms with Gasteiger partial charge < -0.3 is 14.7 Å². The van der Waals surface area contributed by atoms with E-state index in [9.17, 15) is 14.9 Å². The molecule has 0 aromatic heterocycles. The summed E-state index contributed by atoms with van der Waals surface area (Å²) in [7, 11) is 1.49. The summed E-state index contributed by atoms with van der Waals surface area (Å²) in [4.78, 5) is 22.8. The molecule has 0 heterocycles. The number of nitrogens with zero attached hydrogens (tertiary/aromatic N) is 2. The zero-order valence-corrected chi connectivity index (χ0v) is 12.4. The van der Waals surface area contributed by atoms with Gasteiger partial charge in [0.15, 0.2) is 0 Å². The number of benzene rings is 1. The molecule has 0 spiro atoms. The first-order valence-corrected chi connectivity index (χ1v) is 6.43. The van der Waals surface area contributed by atoms with Gasteiger partial charge in [0.25, 0.3) is 5.69 Å². The molecule has 0 fully saturated rings. The number of nitro groups is 1. The van der Waals surface area contributed by atoms with Crippen molar-refractivity contribution in [3.8, 4) is 0 Å². The van der Waals surface area contributed by atoms with Crippen LogP contribution < -0.4 is 4.90 Å². The molecule has 0 aliphatic carbocycles. The minimum absolute atomic E-state index is 0.107. The number of carboxylic acid groups (broad SMARTS) is 1. The van der Waals surface area contributed by atoms with Gasteiger partial charge in [-0.1, -0.05) is 0 Å². The molecule has 0 aliphatic rings. The Labute approximate surface area is 123 Å². The number of methoxy groups -OCH3 is 1. The molecule has 7 nitrogen and oxygen atoms in total. The minimum Gasteiger partial charge on any atom is -0.480 e. The summed E-state index contributed by atoms with van der Waals surface area (Å²) in [5.74, 6) is -1.05. The number of halogens is 1. The Hall–Kier alpha value is -1.42. The molecule has 0 saturated carbocycles. The molecule has 1 aromatic rings. The third kappa shape index (κ3) is 4.63. The van der Waals surface area contributed by atoms with Crippen LogP contribution in [0, 0.1) is 13.7 Å². The van der Waals surface area contributed by atoms with E-state index in [1.807, 2.05) is 22.6 Å². The summed E-state index contributed by atoms with van der Waals surface area (Å²) >= 11 is 1.97. The summed E-state index contributed by atoms with van der Waals surface area (Å²) in [6, 6.07) is 4.67. The van der Waals surface area contributed by atoms with Crippen LogP contribution >= 0.6 is 22.6 Å². The van der Waals surface area contributed by atoms with Gasteiger partial charge in [-0.05, 0) is 34.7 Å². The van der Waals surface area contributed by atoms with Gasteiger partial charge in [-0.2, -0.15) is 0 Å². The Balaban J connectivity index is 3.12. The van der Waals surface area contributed by atoms with Gasteiger partial charge in [-0.25, -0.2) is 0 Å². The van der Waals surface area contributed by atoms with Crippen LogP contribution in [-0.2, 0) is 9.53 Å². The molecule has 1 aromatic carbocycles. The monoisotopic (exact) mass is 380 g/mol. The number of anilines is 1. The van der Waals surface area contributed by atoms with Crippen molar-refractivity contribution in [2.75, 3.05) is 31.7 Å². The summed E-state index contributed by atoms with van der Waals surface area (Å²) in [6.07, 6.45) is 0. The Kier molecular flexibility index (Phi) is 5.96. The van der Waals surface area contributed by atoms with Crippen molar-refractivity contribution in [2.24, 2.45) is 0 Å². The average Bonchev–Trinajstić information content (AvgIpc) is 2.34. The SMILES string of the molecule is COCCN(CC(=O)O)c1ccc(I)cc1[N+](=O)[O-]. The first kappa shape index (κ1) is 15.6. The fourth-order valence-electron chi connectivity index (χ4n) is 1.56. The van der Waals surface area contributed by atoms with Crippen LogP contribution in [-0.4, -0.2) is 42.8 Å². The number of aliphatic carboxylic acids is 1. The highest BCUT2D eigenvalue weighted by atomic mass is 127. The van der Waals surface area contributed by atoms with Gasteiger partial charge in [0, 0.05) is 23.3 Å². The highest BCUT2D eigenvalue weighted by molar-refractivity contribution is 14.1. The molecule has 0 aliphatic heterocycles. The first-order chi connectivity index (χ1) is 8.95. The third-order valence-electron chi connectivity index (χ3n) is 2.37. The second-order valence-electron chi connectivity index (χ2n) is 3.70. The fraction of sp³-hybridized carbons (Fsp3) is 0.364. The maximum Gasteiger partial charge on any atom is 0.323 e. The normalized spacial score (nSPS) is 10.2. The van der Waals surface area contributed by atoms with Crippen LogP contribution in [0.3, 0.4) is 0 Å². The summed E-state index contributed by atoms with van der Waals surface area (Å²) in [5, 5.41) is 19.9. The van der Waals surface area contributed by atoms with E-state index in [1.165, 1.54) is 18.1 Å². The molecule has 8 heteroatoms. The van der Waals surface area contributed by atoms with E-state index in [1.54, 1.807) is 12.1 Å². The molecule has 1 N–H and O–H groups in total. The van der Waals surface area contributed by atoms with Gasteiger partial charge in [0.1, 0.15) is 12.2 Å². The standard InChI is InChI=1S/C11H13IN2O5/c1-19-5-4-13(7-11(15)16)9-3-2-8(12)6-10(9)14(17)18/h2-3,6H,4-5,7H2,1H3,(H,15,16). The molecule has 0 bridgehead atoms. The second kappa shape index (κ2) is 7.24. The maximum atomic E-state index is 11.0. The number of rotatable bonds is 7. The van der Waals surface area contributed by atoms with Crippen molar-refractivity contribution in [1.82, 2.24) is 0 Å². The van der Waals surface area contributed by atoms with Gasteiger partial charge in [-0.3, -0.25) is 14.9 Å². The molecule has 0 radical (unpaired) electrons. The van der Waals surface area contributed by atoms with Crippen molar-refractivity contribution in [3.63, 3.8) is 0 Å². The van der Waals surface area contributed by atoms with E-state index in [4.69, 9.17) is 9.84 Å². The lowest BCUT2D eigenvalue weighted by atomic mass is 10.2. The van der Waals surface area contributed by atoms with E-state index in [-0.39, 0.29) is 31.1 Å². The molecule has 0 saturated heterocycles. The third-order valence-corrected chi connectivity index (χ3v) is 3.04. The lowest BCUT2D eigenvalue weighted by molar-refractivity contribution is -0.384. The van der Waals surface area contributed by atoms with Gasteiger partial charge in [0.05, 0.1) is 11.5 Å². The average molecular weight is 380 g/mol. The lowest BCUT2D eigenvalue weighted by Crippen LogP contribution is -2.33. The van der Waals surface area contributed by atoms with Gasteiger partial charge in [-0.15, -0.1) is 0 Å². The zero-order valence-electron chi connectivity index (χ0n) is 10.2. The molecule has 0 atom stereocenters. The maximum absolute atomic E-state index is 11.0. The first-order valence-electron chi connectivity index (χ1n) is 5.35. The highest BCUT2D eigenvalue weighted by Gasteiger charge is 2.21. The van der Waals surface area contributed by atoms with Crippen LogP contribution in [0.1, 0.15) is 0 Å². The Morgan fingerprint density at radius 2 is 2.26 bits per heavy atom. The molecule has 0 amide bonds. The van der Waals surface area contributed by atoms with E-state index in [0.29, 0.717) is 0 Å². The number of carboxylic acids is 1. The van der Waals surface area contributed by atoms with E-state index in [0.717, 1.165) is 3.57 Å². The van der Waals surface area contributed by atoms with Crippen LogP contribution in [0.4, 0.5) is 11.4 Å². The van der Waals surface area contributed by atoms with E-state index >= 15 is 0 Å². The van der Waals surface area contributed by atoms with Gasteiger partial charge >= 0.3 is 5.97 Å². The number of hydrogen-bond donors (Lipinski definition) is 1. The summed E-state index contributed by atoms with van der Waals surface area (Å²) in [6.45, 7) is 0.242. The zero-order chi connectivity index (χ0) is 14.4. The molecular weight excluding hydrogens is 367 g/mol. The molecule has 0 unspecified atom stereocenters.